The molecule has 1 unspecified atom stereocenters. The first kappa shape index (κ1) is 12.0. The maximum atomic E-state index is 8.80. The Morgan fingerprint density at radius 1 is 1.50 bits per heavy atom. The molecule has 84 valence electrons. The third kappa shape index (κ3) is 3.95. The summed E-state index contributed by atoms with van der Waals surface area (Å²) in [7, 11) is 0. The molecule has 1 saturated heterocycles. The lowest BCUT2D eigenvalue weighted by atomic mass is 10.2. The number of aliphatic hydroxyl groups is 1. The molecule has 3 nitrogen and oxygen atoms in total. The zero-order chi connectivity index (χ0) is 10.4. The summed E-state index contributed by atoms with van der Waals surface area (Å²) in [4.78, 5) is 2.40. The highest BCUT2D eigenvalue weighted by Crippen LogP contribution is 2.14. The molecule has 1 N–H and O–H groups in total. The Morgan fingerprint density at radius 2 is 2.29 bits per heavy atom. The van der Waals surface area contributed by atoms with Gasteiger partial charge in [-0.1, -0.05) is 0 Å². The van der Waals surface area contributed by atoms with Gasteiger partial charge >= 0.3 is 0 Å². The molecular weight excluding hydrogens is 178 g/mol. The summed E-state index contributed by atoms with van der Waals surface area (Å²) < 4.78 is 5.61. The third-order valence-corrected chi connectivity index (χ3v) is 2.80. The zero-order valence-electron chi connectivity index (χ0n) is 9.41. The molecule has 1 atom stereocenters. The standard InChI is InChI=1S/C11H23NO2/c1-10(2)12(6-4-7-13)9-11-5-3-8-14-11/h10-11,13H,3-9H2,1-2H3. The van der Waals surface area contributed by atoms with Crippen LogP contribution < -0.4 is 0 Å². The number of ether oxygens (including phenoxy) is 1. The molecular formula is C11H23NO2. The fourth-order valence-corrected chi connectivity index (χ4v) is 1.88. The fourth-order valence-electron chi connectivity index (χ4n) is 1.88. The van der Waals surface area contributed by atoms with Crippen LogP contribution in [0.15, 0.2) is 0 Å². The molecule has 0 aromatic rings. The van der Waals surface area contributed by atoms with Gasteiger partial charge in [-0.3, -0.25) is 4.90 Å². The van der Waals surface area contributed by atoms with E-state index in [2.05, 4.69) is 18.7 Å². The maximum Gasteiger partial charge on any atom is 0.0702 e. The first-order valence-corrected chi connectivity index (χ1v) is 5.70. The second kappa shape index (κ2) is 6.38. The van der Waals surface area contributed by atoms with Crippen molar-refractivity contribution < 1.29 is 9.84 Å². The lowest BCUT2D eigenvalue weighted by Gasteiger charge is -2.28. The van der Waals surface area contributed by atoms with E-state index < -0.39 is 0 Å². The summed E-state index contributed by atoms with van der Waals surface area (Å²) >= 11 is 0. The van der Waals surface area contributed by atoms with Gasteiger partial charge in [-0.15, -0.1) is 0 Å². The summed E-state index contributed by atoms with van der Waals surface area (Å²) in [5.74, 6) is 0. The predicted octanol–water partition coefficient (Wildman–Crippen LogP) is 1.26. The van der Waals surface area contributed by atoms with Crippen molar-refractivity contribution in [3.8, 4) is 0 Å². The van der Waals surface area contributed by atoms with E-state index in [0.717, 1.165) is 26.1 Å². The zero-order valence-corrected chi connectivity index (χ0v) is 9.41. The van der Waals surface area contributed by atoms with Gasteiger partial charge in [0.2, 0.25) is 0 Å². The van der Waals surface area contributed by atoms with Crippen LogP contribution in [0.5, 0.6) is 0 Å². The lowest BCUT2D eigenvalue weighted by molar-refractivity contribution is 0.0598. The molecule has 1 aliphatic rings. The van der Waals surface area contributed by atoms with Gasteiger partial charge in [0.15, 0.2) is 0 Å². The summed E-state index contributed by atoms with van der Waals surface area (Å²) in [5.41, 5.74) is 0. The Balaban J connectivity index is 2.26. The third-order valence-electron chi connectivity index (χ3n) is 2.80. The Hall–Kier alpha value is -0.120. The molecule has 0 aromatic heterocycles. The molecule has 1 aliphatic heterocycles. The Labute approximate surface area is 87.1 Å². The minimum absolute atomic E-state index is 0.286. The van der Waals surface area contributed by atoms with Gasteiger partial charge in [-0.25, -0.2) is 0 Å². The second-order valence-electron chi connectivity index (χ2n) is 4.30. The highest BCUT2D eigenvalue weighted by Gasteiger charge is 2.20. The average Bonchev–Trinajstić information content (AvgIpc) is 2.64. The molecule has 0 aliphatic carbocycles. The smallest absolute Gasteiger partial charge is 0.0702 e. The normalized spacial score (nSPS) is 22.5. The SMILES string of the molecule is CC(C)N(CCCO)CC1CCCO1. The van der Waals surface area contributed by atoms with Crippen LogP contribution in [0.25, 0.3) is 0 Å². The van der Waals surface area contributed by atoms with Crippen LogP contribution in [-0.2, 0) is 4.74 Å². The summed E-state index contributed by atoms with van der Waals surface area (Å²) in [5, 5.41) is 8.80. The highest BCUT2D eigenvalue weighted by atomic mass is 16.5. The number of rotatable bonds is 6. The molecule has 3 heteroatoms. The summed E-state index contributed by atoms with van der Waals surface area (Å²) in [6.07, 6.45) is 3.69. The molecule has 14 heavy (non-hydrogen) atoms. The van der Waals surface area contributed by atoms with E-state index in [1.165, 1.54) is 12.8 Å². The van der Waals surface area contributed by atoms with Gasteiger partial charge in [0, 0.05) is 32.3 Å². The number of hydrogen-bond acceptors (Lipinski definition) is 3. The van der Waals surface area contributed by atoms with E-state index in [1.807, 2.05) is 0 Å². The van der Waals surface area contributed by atoms with Crippen molar-refractivity contribution in [2.24, 2.45) is 0 Å². The van der Waals surface area contributed by atoms with E-state index in [4.69, 9.17) is 9.84 Å². The van der Waals surface area contributed by atoms with Crippen LogP contribution in [0.2, 0.25) is 0 Å². The van der Waals surface area contributed by atoms with Crippen LogP contribution in [0, 0.1) is 0 Å². The predicted molar refractivity (Wildman–Crippen MR) is 57.4 cm³/mol. The van der Waals surface area contributed by atoms with Crippen molar-refractivity contribution >= 4 is 0 Å². The van der Waals surface area contributed by atoms with Crippen molar-refractivity contribution in [3.63, 3.8) is 0 Å². The molecule has 0 spiro atoms. The quantitative estimate of drug-likeness (QED) is 0.702. The van der Waals surface area contributed by atoms with Crippen LogP contribution in [0.4, 0.5) is 0 Å². The summed E-state index contributed by atoms with van der Waals surface area (Å²) in [6.45, 7) is 7.62. The average molecular weight is 201 g/mol. The minimum Gasteiger partial charge on any atom is -0.396 e. The second-order valence-corrected chi connectivity index (χ2v) is 4.30. The topological polar surface area (TPSA) is 32.7 Å². The van der Waals surface area contributed by atoms with E-state index in [9.17, 15) is 0 Å². The van der Waals surface area contributed by atoms with E-state index in [-0.39, 0.29) is 6.61 Å². The van der Waals surface area contributed by atoms with E-state index in [0.29, 0.717) is 12.1 Å². The Morgan fingerprint density at radius 3 is 2.79 bits per heavy atom. The van der Waals surface area contributed by atoms with Crippen LogP contribution in [0.1, 0.15) is 33.1 Å². The maximum absolute atomic E-state index is 8.80. The van der Waals surface area contributed by atoms with Crippen LogP contribution in [0.3, 0.4) is 0 Å². The first-order chi connectivity index (χ1) is 6.74. The molecule has 1 rings (SSSR count). The molecule has 1 fully saturated rings. The Bertz CT molecular complexity index is 144. The van der Waals surface area contributed by atoms with Crippen molar-refractivity contribution in [3.05, 3.63) is 0 Å². The largest absolute Gasteiger partial charge is 0.396 e. The van der Waals surface area contributed by atoms with Crippen molar-refractivity contribution in [2.45, 2.75) is 45.3 Å². The van der Waals surface area contributed by atoms with Gasteiger partial charge in [-0.2, -0.15) is 0 Å². The van der Waals surface area contributed by atoms with Crippen molar-refractivity contribution in [2.75, 3.05) is 26.3 Å². The summed E-state index contributed by atoms with van der Waals surface area (Å²) in [6, 6.07) is 0.547. The van der Waals surface area contributed by atoms with E-state index >= 15 is 0 Å². The molecule has 1 heterocycles. The minimum atomic E-state index is 0.286. The molecule has 0 amide bonds. The number of nitrogens with zero attached hydrogens (tertiary/aromatic N) is 1. The highest BCUT2D eigenvalue weighted by molar-refractivity contribution is 4.72. The molecule has 0 saturated carbocycles. The first-order valence-electron chi connectivity index (χ1n) is 5.70. The van der Waals surface area contributed by atoms with Crippen molar-refractivity contribution in [1.82, 2.24) is 4.90 Å². The Kier molecular flexibility index (Phi) is 5.45. The van der Waals surface area contributed by atoms with Gasteiger partial charge in [0.1, 0.15) is 0 Å². The van der Waals surface area contributed by atoms with Crippen LogP contribution in [-0.4, -0.2) is 48.5 Å². The molecule has 0 aromatic carbocycles. The van der Waals surface area contributed by atoms with Gasteiger partial charge < -0.3 is 9.84 Å². The van der Waals surface area contributed by atoms with Crippen molar-refractivity contribution in [1.29, 1.82) is 0 Å². The number of aliphatic hydroxyl groups excluding tert-OH is 1. The monoisotopic (exact) mass is 201 g/mol. The fraction of sp³-hybridized carbons (Fsp3) is 1.00. The van der Waals surface area contributed by atoms with Crippen LogP contribution >= 0.6 is 0 Å². The van der Waals surface area contributed by atoms with E-state index in [1.54, 1.807) is 0 Å². The van der Waals surface area contributed by atoms with Gasteiger partial charge in [0.25, 0.3) is 0 Å². The van der Waals surface area contributed by atoms with Gasteiger partial charge in [-0.05, 0) is 33.1 Å². The molecule has 0 radical (unpaired) electrons. The van der Waals surface area contributed by atoms with Gasteiger partial charge in [0.05, 0.1) is 6.10 Å². The molecule has 0 bridgehead atoms. The lowest BCUT2D eigenvalue weighted by Crippen LogP contribution is -2.38. The number of hydrogen-bond donors (Lipinski definition) is 1.